The van der Waals surface area contributed by atoms with Crippen molar-refractivity contribution in [1.29, 1.82) is 0 Å². The van der Waals surface area contributed by atoms with Gasteiger partial charge in [0.25, 0.3) is 19.9 Å². The molecule has 0 aliphatic heterocycles. The van der Waals surface area contributed by atoms with E-state index in [-0.39, 0.29) is 0 Å². The van der Waals surface area contributed by atoms with Gasteiger partial charge in [0.2, 0.25) is 0 Å². The fourth-order valence-electron chi connectivity index (χ4n) is 1.27. The molecular formula is C10H13F3N2O4S2. The average Bonchev–Trinajstić information content (AvgIpc) is 2.38. The summed E-state index contributed by atoms with van der Waals surface area (Å²) in [4.78, 5) is 0.222. The molecule has 0 amide bonds. The summed E-state index contributed by atoms with van der Waals surface area (Å²) in [7, 11) is -9.75. The van der Waals surface area contributed by atoms with Crippen molar-refractivity contribution in [2.75, 3.05) is 6.54 Å². The lowest BCUT2D eigenvalue weighted by molar-refractivity contribution is -0.0436. The Bertz CT molecular complexity index is 699. The molecule has 0 heterocycles. The van der Waals surface area contributed by atoms with Gasteiger partial charge in [-0.15, -0.1) is 4.83 Å². The van der Waals surface area contributed by atoms with Crippen LogP contribution in [0.5, 0.6) is 0 Å². The van der Waals surface area contributed by atoms with Crippen molar-refractivity contribution in [3.05, 3.63) is 24.3 Å². The minimum absolute atomic E-state index is 0.305. The Morgan fingerprint density at radius 2 is 1.67 bits per heavy atom. The lowest BCUT2D eigenvalue weighted by Crippen LogP contribution is -2.37. The molecule has 0 spiro atoms. The summed E-state index contributed by atoms with van der Waals surface area (Å²) in [6.07, 6.45) is 0.616. The molecule has 0 radical (unpaired) electrons. The quantitative estimate of drug-likeness (QED) is 0.596. The molecular weight excluding hydrogens is 333 g/mol. The van der Waals surface area contributed by atoms with E-state index in [2.05, 4.69) is 5.43 Å². The second-order valence-corrected chi connectivity index (χ2v) is 7.58. The van der Waals surface area contributed by atoms with Gasteiger partial charge in [-0.1, -0.05) is 13.0 Å². The van der Waals surface area contributed by atoms with Gasteiger partial charge in [0.15, 0.2) is 0 Å². The zero-order chi connectivity index (χ0) is 16.3. The van der Waals surface area contributed by atoms with Gasteiger partial charge in [-0.3, -0.25) is 0 Å². The highest BCUT2D eigenvalue weighted by atomic mass is 32.2. The van der Waals surface area contributed by atoms with E-state index in [0.29, 0.717) is 25.1 Å². The maximum absolute atomic E-state index is 12.4. The molecule has 0 saturated heterocycles. The predicted octanol–water partition coefficient (Wildman–Crippen LogP) is 1.17. The number of nitrogens with one attached hydrogen (secondary N) is 2. The summed E-state index contributed by atoms with van der Waals surface area (Å²) in [5.74, 6) is 0. The summed E-state index contributed by atoms with van der Waals surface area (Å²) in [6.45, 7) is 2.08. The summed E-state index contributed by atoms with van der Waals surface area (Å²) in [5.41, 5.74) is -3.14. The number of alkyl halides is 3. The third kappa shape index (κ3) is 4.15. The standard InChI is InChI=1S/C10H13F3N2O4S2/c1-2-6-14-15-21(18,19)9-5-3-4-8(7-9)20(16,17)10(11,12)13/h3-5,7,14-15H,2,6H2,1H3. The Morgan fingerprint density at radius 3 is 2.19 bits per heavy atom. The highest BCUT2D eigenvalue weighted by Gasteiger charge is 2.47. The van der Waals surface area contributed by atoms with E-state index in [9.17, 15) is 30.0 Å². The Morgan fingerprint density at radius 1 is 1.10 bits per heavy atom. The molecule has 0 unspecified atom stereocenters. The number of sulfone groups is 1. The van der Waals surface area contributed by atoms with Gasteiger partial charge in [0.05, 0.1) is 9.79 Å². The van der Waals surface area contributed by atoms with Crippen molar-refractivity contribution in [1.82, 2.24) is 10.3 Å². The van der Waals surface area contributed by atoms with Gasteiger partial charge < -0.3 is 0 Å². The minimum Gasteiger partial charge on any atom is -0.244 e. The second kappa shape index (κ2) is 6.30. The van der Waals surface area contributed by atoms with Crippen molar-refractivity contribution in [2.45, 2.75) is 28.6 Å². The van der Waals surface area contributed by atoms with Crippen LogP contribution < -0.4 is 10.3 Å². The van der Waals surface area contributed by atoms with E-state index in [0.717, 1.165) is 12.1 Å². The number of rotatable bonds is 6. The summed E-state index contributed by atoms with van der Waals surface area (Å²) in [5, 5.41) is 0. The molecule has 1 aromatic carbocycles. The van der Waals surface area contributed by atoms with Crippen molar-refractivity contribution in [2.24, 2.45) is 0 Å². The third-order valence-electron chi connectivity index (χ3n) is 2.31. The van der Waals surface area contributed by atoms with Crippen LogP contribution in [0.15, 0.2) is 34.1 Å². The monoisotopic (exact) mass is 346 g/mol. The lowest BCUT2D eigenvalue weighted by Gasteiger charge is -2.11. The van der Waals surface area contributed by atoms with E-state index in [1.54, 1.807) is 6.92 Å². The maximum atomic E-state index is 12.4. The third-order valence-corrected chi connectivity index (χ3v) is 5.08. The smallest absolute Gasteiger partial charge is 0.244 e. The molecule has 0 aliphatic rings. The zero-order valence-corrected chi connectivity index (χ0v) is 12.4. The zero-order valence-electron chi connectivity index (χ0n) is 10.8. The molecule has 0 saturated carbocycles. The first-order chi connectivity index (χ1) is 9.52. The van der Waals surface area contributed by atoms with Crippen LogP contribution in [0.4, 0.5) is 13.2 Å². The molecule has 0 atom stereocenters. The van der Waals surface area contributed by atoms with E-state index < -0.39 is 35.2 Å². The van der Waals surface area contributed by atoms with E-state index in [1.165, 1.54) is 0 Å². The van der Waals surface area contributed by atoms with E-state index in [4.69, 9.17) is 0 Å². The molecule has 0 bridgehead atoms. The predicted molar refractivity (Wildman–Crippen MR) is 68.3 cm³/mol. The summed E-state index contributed by atoms with van der Waals surface area (Å²) in [6, 6.07) is 3.05. The number of hydrazine groups is 1. The number of hydrogen-bond acceptors (Lipinski definition) is 5. The van der Waals surface area contributed by atoms with Crippen LogP contribution in [-0.4, -0.2) is 28.9 Å². The molecule has 0 aliphatic carbocycles. The van der Waals surface area contributed by atoms with Crippen LogP contribution in [0, 0.1) is 0 Å². The number of benzene rings is 1. The number of sulfonamides is 1. The van der Waals surface area contributed by atoms with Gasteiger partial charge in [0.1, 0.15) is 0 Å². The van der Waals surface area contributed by atoms with Gasteiger partial charge in [-0.2, -0.15) is 13.2 Å². The van der Waals surface area contributed by atoms with E-state index >= 15 is 0 Å². The normalized spacial score (nSPS) is 13.3. The van der Waals surface area contributed by atoms with Crippen molar-refractivity contribution < 1.29 is 30.0 Å². The van der Waals surface area contributed by atoms with Crippen LogP contribution in [0.25, 0.3) is 0 Å². The Kier molecular flexibility index (Phi) is 5.36. The summed E-state index contributed by atoms with van der Waals surface area (Å²) >= 11 is 0. The fourth-order valence-corrected chi connectivity index (χ4v) is 3.10. The number of halogens is 3. The fraction of sp³-hybridized carbons (Fsp3) is 0.400. The molecule has 120 valence electrons. The van der Waals surface area contributed by atoms with Crippen molar-refractivity contribution in [3.8, 4) is 0 Å². The SMILES string of the molecule is CCCNNS(=O)(=O)c1cccc(S(=O)(=O)C(F)(F)F)c1. The molecule has 6 nitrogen and oxygen atoms in total. The van der Waals surface area contributed by atoms with E-state index in [1.807, 2.05) is 4.83 Å². The Hall–Kier alpha value is -1.17. The highest BCUT2D eigenvalue weighted by molar-refractivity contribution is 7.92. The van der Waals surface area contributed by atoms with Crippen LogP contribution in [0.3, 0.4) is 0 Å². The van der Waals surface area contributed by atoms with Crippen LogP contribution >= 0.6 is 0 Å². The molecule has 1 aromatic rings. The minimum atomic E-state index is -5.60. The Labute approximate surface area is 120 Å². The van der Waals surface area contributed by atoms with Crippen LogP contribution in [0.2, 0.25) is 0 Å². The first kappa shape index (κ1) is 17.9. The molecule has 21 heavy (non-hydrogen) atoms. The molecule has 0 aromatic heterocycles. The first-order valence-electron chi connectivity index (χ1n) is 5.68. The van der Waals surface area contributed by atoms with Crippen molar-refractivity contribution >= 4 is 19.9 Å². The highest BCUT2D eigenvalue weighted by Crippen LogP contribution is 2.30. The van der Waals surface area contributed by atoms with Gasteiger partial charge in [-0.05, 0) is 24.6 Å². The van der Waals surface area contributed by atoms with Gasteiger partial charge >= 0.3 is 5.51 Å². The topological polar surface area (TPSA) is 92.3 Å². The second-order valence-electron chi connectivity index (χ2n) is 3.96. The summed E-state index contributed by atoms with van der Waals surface area (Å²) < 4.78 is 83.3. The lowest BCUT2D eigenvalue weighted by atomic mass is 10.4. The molecule has 0 fully saturated rings. The molecule has 1 rings (SSSR count). The average molecular weight is 346 g/mol. The van der Waals surface area contributed by atoms with Crippen LogP contribution in [-0.2, 0) is 19.9 Å². The van der Waals surface area contributed by atoms with Gasteiger partial charge in [0, 0.05) is 6.54 Å². The molecule has 11 heteroatoms. The number of hydrogen-bond donors (Lipinski definition) is 2. The first-order valence-corrected chi connectivity index (χ1v) is 8.65. The van der Waals surface area contributed by atoms with Crippen molar-refractivity contribution in [3.63, 3.8) is 0 Å². The largest absolute Gasteiger partial charge is 0.501 e. The molecule has 2 N–H and O–H groups in total. The Balaban J connectivity index is 3.18. The maximum Gasteiger partial charge on any atom is 0.501 e. The van der Waals surface area contributed by atoms with Gasteiger partial charge in [-0.25, -0.2) is 22.3 Å². The van der Waals surface area contributed by atoms with Crippen LogP contribution in [0.1, 0.15) is 13.3 Å².